The molecule has 10 heavy (non-hydrogen) atoms. The zero-order chi connectivity index (χ0) is 6.97. The fraction of sp³-hybridized carbons (Fsp3) is 0. The lowest BCUT2D eigenvalue weighted by Gasteiger charge is -1.88. The number of aromatic nitrogens is 3. The van der Waals surface area contributed by atoms with Crippen LogP contribution in [-0.2, 0) is 0 Å². The molecule has 0 atom stereocenters. The molecule has 0 fully saturated rings. The molecule has 0 aliphatic heterocycles. The summed E-state index contributed by atoms with van der Waals surface area (Å²) in [5, 5.41) is 0. The normalized spacial score (nSPS) is 10.5. The highest BCUT2D eigenvalue weighted by Gasteiger charge is 1.94. The minimum atomic E-state index is -0.501. The Morgan fingerprint density at radius 2 is 2.30 bits per heavy atom. The van der Waals surface area contributed by atoms with E-state index >= 15 is 0 Å². The van der Waals surface area contributed by atoms with Crippen LogP contribution in [0.5, 0.6) is 0 Å². The van der Waals surface area contributed by atoms with Gasteiger partial charge in [-0.1, -0.05) is 0 Å². The third kappa shape index (κ3) is 0.655. The summed E-state index contributed by atoms with van der Waals surface area (Å²) in [6.45, 7) is 0. The summed E-state index contributed by atoms with van der Waals surface area (Å²) in [5.41, 5.74) is 0. The number of halogens is 1. The average Bonchev–Trinajstić information content (AvgIpc) is 2.33. The molecule has 2 aromatic rings. The van der Waals surface area contributed by atoms with Crippen LogP contribution in [-0.4, -0.2) is 14.4 Å². The van der Waals surface area contributed by atoms with Gasteiger partial charge in [-0.3, -0.25) is 4.40 Å². The highest BCUT2D eigenvalue weighted by Crippen LogP contribution is 1.96. The van der Waals surface area contributed by atoms with Crippen molar-refractivity contribution in [3.63, 3.8) is 0 Å². The van der Waals surface area contributed by atoms with Gasteiger partial charge in [-0.15, -0.1) is 0 Å². The van der Waals surface area contributed by atoms with Crippen molar-refractivity contribution in [2.75, 3.05) is 0 Å². The van der Waals surface area contributed by atoms with Crippen molar-refractivity contribution in [1.82, 2.24) is 14.4 Å². The van der Waals surface area contributed by atoms with Crippen molar-refractivity contribution in [3.05, 3.63) is 30.6 Å². The molecular formula is C6H4FN3. The Bertz CT molecular complexity index is 355. The summed E-state index contributed by atoms with van der Waals surface area (Å²) in [5.74, 6) is -0.112. The van der Waals surface area contributed by atoms with Crippen LogP contribution < -0.4 is 0 Å². The summed E-state index contributed by atoms with van der Waals surface area (Å²) in [6.07, 6.45) is 4.86. The van der Waals surface area contributed by atoms with E-state index in [-0.39, 0.29) is 0 Å². The molecule has 2 rings (SSSR count). The van der Waals surface area contributed by atoms with Crippen LogP contribution in [0.2, 0.25) is 0 Å². The van der Waals surface area contributed by atoms with Gasteiger partial charge in [0.25, 0.3) is 0 Å². The molecule has 0 amide bonds. The lowest BCUT2D eigenvalue weighted by molar-refractivity contribution is 0.583. The van der Waals surface area contributed by atoms with E-state index in [1.54, 1.807) is 23.0 Å². The molecule has 4 heteroatoms. The number of imidazole rings is 1. The van der Waals surface area contributed by atoms with E-state index in [0.29, 0.717) is 5.78 Å². The molecule has 0 aliphatic rings. The van der Waals surface area contributed by atoms with E-state index in [2.05, 4.69) is 9.97 Å². The summed E-state index contributed by atoms with van der Waals surface area (Å²) < 4.78 is 14.0. The van der Waals surface area contributed by atoms with Gasteiger partial charge in [0.05, 0.1) is 0 Å². The second kappa shape index (κ2) is 1.76. The van der Waals surface area contributed by atoms with Crippen LogP contribution in [0, 0.1) is 5.95 Å². The van der Waals surface area contributed by atoms with Crippen molar-refractivity contribution in [2.24, 2.45) is 0 Å². The van der Waals surface area contributed by atoms with Gasteiger partial charge in [0.1, 0.15) is 0 Å². The Balaban J connectivity index is 2.86. The van der Waals surface area contributed by atoms with Crippen LogP contribution in [0.15, 0.2) is 24.7 Å². The topological polar surface area (TPSA) is 30.2 Å². The summed E-state index contributed by atoms with van der Waals surface area (Å²) >= 11 is 0. The minimum absolute atomic E-state index is 0.389. The van der Waals surface area contributed by atoms with Crippen LogP contribution >= 0.6 is 0 Å². The smallest absolute Gasteiger partial charge is 0.236 e. The van der Waals surface area contributed by atoms with Gasteiger partial charge in [0.2, 0.25) is 11.7 Å². The standard InChI is InChI=1S/C6H4FN3/c7-5-1-3-10-4-2-8-6(10)9-5/h1-4H. The van der Waals surface area contributed by atoms with Gasteiger partial charge >= 0.3 is 0 Å². The summed E-state index contributed by atoms with van der Waals surface area (Å²) in [7, 11) is 0. The fourth-order valence-electron chi connectivity index (χ4n) is 0.783. The predicted octanol–water partition coefficient (Wildman–Crippen LogP) is 0.868. The van der Waals surface area contributed by atoms with Gasteiger partial charge in [-0.2, -0.15) is 9.37 Å². The van der Waals surface area contributed by atoms with Crippen molar-refractivity contribution >= 4 is 5.78 Å². The number of rotatable bonds is 0. The van der Waals surface area contributed by atoms with Crippen molar-refractivity contribution in [2.45, 2.75) is 0 Å². The van der Waals surface area contributed by atoms with Gasteiger partial charge in [-0.05, 0) is 0 Å². The second-order valence-electron chi connectivity index (χ2n) is 1.88. The first kappa shape index (κ1) is 5.34. The van der Waals surface area contributed by atoms with Gasteiger partial charge in [0, 0.05) is 24.7 Å². The molecular weight excluding hydrogens is 133 g/mol. The summed E-state index contributed by atoms with van der Waals surface area (Å²) in [4.78, 5) is 7.31. The Kier molecular flexibility index (Phi) is 0.943. The maximum absolute atomic E-state index is 12.3. The lowest BCUT2D eigenvalue weighted by Crippen LogP contribution is -1.89. The number of hydrogen-bond donors (Lipinski definition) is 0. The highest BCUT2D eigenvalue weighted by atomic mass is 19.1. The van der Waals surface area contributed by atoms with E-state index in [9.17, 15) is 4.39 Å². The minimum Gasteiger partial charge on any atom is -0.291 e. The molecule has 0 radical (unpaired) electrons. The Labute approximate surface area is 56.2 Å². The third-order valence-electron chi connectivity index (χ3n) is 1.23. The molecule has 0 aliphatic carbocycles. The quantitative estimate of drug-likeness (QED) is 0.504. The van der Waals surface area contributed by atoms with Crippen LogP contribution in [0.3, 0.4) is 0 Å². The van der Waals surface area contributed by atoms with Gasteiger partial charge in [-0.25, -0.2) is 4.98 Å². The molecule has 2 heterocycles. The Morgan fingerprint density at radius 1 is 1.40 bits per heavy atom. The third-order valence-corrected chi connectivity index (χ3v) is 1.23. The molecule has 0 bridgehead atoms. The SMILES string of the molecule is Fc1ccn2ccnc2n1. The van der Waals surface area contributed by atoms with Crippen LogP contribution in [0.4, 0.5) is 4.39 Å². The first-order valence-electron chi connectivity index (χ1n) is 2.81. The molecule has 0 spiro atoms. The van der Waals surface area contributed by atoms with Crippen LogP contribution in [0.1, 0.15) is 0 Å². The highest BCUT2D eigenvalue weighted by molar-refractivity contribution is 5.25. The van der Waals surface area contributed by atoms with E-state index in [0.717, 1.165) is 0 Å². The molecule has 0 saturated carbocycles. The number of hydrogen-bond acceptors (Lipinski definition) is 2. The van der Waals surface area contributed by atoms with Gasteiger partial charge < -0.3 is 0 Å². The van der Waals surface area contributed by atoms with E-state index in [1.807, 2.05) is 0 Å². The lowest BCUT2D eigenvalue weighted by atomic mass is 10.6. The molecule has 2 aromatic heterocycles. The summed E-state index contributed by atoms with van der Waals surface area (Å²) in [6, 6.07) is 1.29. The first-order chi connectivity index (χ1) is 4.86. The van der Waals surface area contributed by atoms with Crippen LogP contribution in [0.25, 0.3) is 5.78 Å². The Hall–Kier alpha value is -1.45. The molecule has 0 N–H and O–H groups in total. The molecule has 0 aromatic carbocycles. The molecule has 0 saturated heterocycles. The molecule has 50 valence electrons. The molecule has 0 unspecified atom stereocenters. The Morgan fingerprint density at radius 3 is 3.20 bits per heavy atom. The largest absolute Gasteiger partial charge is 0.291 e. The van der Waals surface area contributed by atoms with Crippen molar-refractivity contribution < 1.29 is 4.39 Å². The second-order valence-corrected chi connectivity index (χ2v) is 1.88. The number of nitrogens with zero attached hydrogens (tertiary/aromatic N) is 3. The molecule has 3 nitrogen and oxygen atoms in total. The van der Waals surface area contributed by atoms with Crippen molar-refractivity contribution in [3.8, 4) is 0 Å². The fourth-order valence-corrected chi connectivity index (χ4v) is 0.783. The first-order valence-corrected chi connectivity index (χ1v) is 2.81. The predicted molar refractivity (Wildman–Crippen MR) is 32.9 cm³/mol. The maximum Gasteiger partial charge on any atom is 0.236 e. The zero-order valence-corrected chi connectivity index (χ0v) is 5.03. The average molecular weight is 137 g/mol. The van der Waals surface area contributed by atoms with Gasteiger partial charge in [0.15, 0.2) is 0 Å². The maximum atomic E-state index is 12.3. The number of fused-ring (bicyclic) bond motifs is 1. The van der Waals surface area contributed by atoms with E-state index in [1.165, 1.54) is 6.07 Å². The van der Waals surface area contributed by atoms with E-state index in [4.69, 9.17) is 0 Å². The van der Waals surface area contributed by atoms with Crippen molar-refractivity contribution in [1.29, 1.82) is 0 Å². The van der Waals surface area contributed by atoms with E-state index < -0.39 is 5.95 Å². The monoisotopic (exact) mass is 137 g/mol. The zero-order valence-electron chi connectivity index (χ0n) is 5.03.